The third-order valence-electron chi connectivity index (χ3n) is 2.51. The number of hydrogen-bond acceptors (Lipinski definition) is 5. The maximum absolute atomic E-state index is 9.18. The molecule has 0 aliphatic carbocycles. The third-order valence-corrected chi connectivity index (χ3v) is 2.51. The lowest BCUT2D eigenvalue weighted by Crippen LogP contribution is -2.10. The first-order valence-corrected chi connectivity index (χ1v) is 5.89. The van der Waals surface area contributed by atoms with Crippen molar-refractivity contribution in [2.75, 3.05) is 13.2 Å². The number of aromatic nitrogens is 2. The molecule has 1 aromatic heterocycles. The molecule has 0 bridgehead atoms. The molecule has 0 aromatic carbocycles. The van der Waals surface area contributed by atoms with E-state index in [4.69, 9.17) is 10.5 Å². The summed E-state index contributed by atoms with van der Waals surface area (Å²) in [6, 6.07) is 2.16. The first kappa shape index (κ1) is 13.4. The van der Waals surface area contributed by atoms with Crippen LogP contribution < -0.4 is 10.5 Å². The maximum Gasteiger partial charge on any atom is 0.251 e. The van der Waals surface area contributed by atoms with Gasteiger partial charge in [0.05, 0.1) is 12.3 Å². The van der Waals surface area contributed by atoms with E-state index in [0.29, 0.717) is 24.6 Å². The molecule has 0 amide bonds. The summed E-state index contributed by atoms with van der Waals surface area (Å²) in [7, 11) is 0. The minimum Gasteiger partial charge on any atom is -0.476 e. The SMILES string of the molecule is CCc1nnc(OCCCN)c(C#N)c1CC. The summed E-state index contributed by atoms with van der Waals surface area (Å²) in [5.41, 5.74) is 7.70. The van der Waals surface area contributed by atoms with Crippen LogP contribution in [-0.4, -0.2) is 23.3 Å². The summed E-state index contributed by atoms with van der Waals surface area (Å²) < 4.78 is 5.43. The quantitative estimate of drug-likeness (QED) is 0.747. The first-order valence-electron chi connectivity index (χ1n) is 5.89. The van der Waals surface area contributed by atoms with E-state index >= 15 is 0 Å². The number of nitriles is 1. The Kier molecular flexibility index (Phi) is 5.37. The molecular formula is C12H18N4O. The lowest BCUT2D eigenvalue weighted by molar-refractivity contribution is 0.296. The van der Waals surface area contributed by atoms with Gasteiger partial charge in [-0.3, -0.25) is 0 Å². The predicted molar refractivity (Wildman–Crippen MR) is 64.7 cm³/mol. The number of aryl methyl sites for hydroxylation is 1. The second kappa shape index (κ2) is 6.81. The molecule has 1 rings (SSSR count). The van der Waals surface area contributed by atoms with Crippen LogP contribution in [0, 0.1) is 11.3 Å². The van der Waals surface area contributed by atoms with Crippen LogP contribution in [0.1, 0.15) is 37.1 Å². The Labute approximate surface area is 102 Å². The summed E-state index contributed by atoms with van der Waals surface area (Å²) in [6.07, 6.45) is 2.27. The van der Waals surface area contributed by atoms with Crippen LogP contribution in [0.5, 0.6) is 5.88 Å². The second-order valence-electron chi connectivity index (χ2n) is 3.62. The number of nitrogens with two attached hydrogens (primary N) is 1. The highest BCUT2D eigenvalue weighted by molar-refractivity contribution is 5.46. The van der Waals surface area contributed by atoms with Crippen molar-refractivity contribution >= 4 is 0 Å². The second-order valence-corrected chi connectivity index (χ2v) is 3.62. The van der Waals surface area contributed by atoms with Crippen LogP contribution in [0.4, 0.5) is 0 Å². The fourth-order valence-corrected chi connectivity index (χ4v) is 1.62. The molecule has 1 aromatic rings. The van der Waals surface area contributed by atoms with Gasteiger partial charge in [0.1, 0.15) is 11.6 Å². The van der Waals surface area contributed by atoms with Crippen molar-refractivity contribution in [1.29, 1.82) is 5.26 Å². The molecule has 92 valence electrons. The average molecular weight is 234 g/mol. The van der Waals surface area contributed by atoms with Crippen molar-refractivity contribution in [3.63, 3.8) is 0 Å². The van der Waals surface area contributed by atoms with E-state index in [1.54, 1.807) is 0 Å². The highest BCUT2D eigenvalue weighted by Crippen LogP contribution is 2.21. The minimum absolute atomic E-state index is 0.329. The number of hydrogen-bond donors (Lipinski definition) is 1. The summed E-state index contributed by atoms with van der Waals surface area (Å²) in [5.74, 6) is 0.329. The normalized spacial score (nSPS) is 10.0. The fraction of sp³-hybridized carbons (Fsp3) is 0.583. The van der Waals surface area contributed by atoms with Gasteiger partial charge in [0.15, 0.2) is 0 Å². The molecule has 0 radical (unpaired) electrons. The summed E-state index contributed by atoms with van der Waals surface area (Å²) in [4.78, 5) is 0. The van der Waals surface area contributed by atoms with Crippen molar-refractivity contribution in [3.05, 3.63) is 16.8 Å². The van der Waals surface area contributed by atoms with Crippen molar-refractivity contribution in [3.8, 4) is 11.9 Å². The lowest BCUT2D eigenvalue weighted by Gasteiger charge is -2.10. The molecular weight excluding hydrogens is 216 g/mol. The Morgan fingerprint density at radius 1 is 1.29 bits per heavy atom. The summed E-state index contributed by atoms with van der Waals surface area (Å²) in [6.45, 7) is 5.03. The maximum atomic E-state index is 9.18. The Balaban J connectivity index is 3.02. The Bertz CT molecular complexity index is 412. The van der Waals surface area contributed by atoms with Crippen LogP contribution in [0.3, 0.4) is 0 Å². The van der Waals surface area contributed by atoms with Gasteiger partial charge in [0.25, 0.3) is 5.88 Å². The van der Waals surface area contributed by atoms with E-state index in [0.717, 1.165) is 30.5 Å². The largest absolute Gasteiger partial charge is 0.476 e. The Morgan fingerprint density at radius 3 is 2.59 bits per heavy atom. The summed E-state index contributed by atoms with van der Waals surface area (Å²) >= 11 is 0. The molecule has 0 saturated carbocycles. The van der Waals surface area contributed by atoms with Gasteiger partial charge < -0.3 is 10.5 Å². The van der Waals surface area contributed by atoms with Gasteiger partial charge in [-0.05, 0) is 31.4 Å². The van der Waals surface area contributed by atoms with Crippen LogP contribution in [0.2, 0.25) is 0 Å². The van der Waals surface area contributed by atoms with Crippen molar-refractivity contribution < 1.29 is 4.74 Å². The van der Waals surface area contributed by atoms with Crippen LogP contribution in [0.15, 0.2) is 0 Å². The van der Waals surface area contributed by atoms with Gasteiger partial charge >= 0.3 is 0 Å². The van der Waals surface area contributed by atoms with Crippen molar-refractivity contribution in [1.82, 2.24) is 10.2 Å². The first-order chi connectivity index (χ1) is 8.28. The fourth-order valence-electron chi connectivity index (χ4n) is 1.62. The predicted octanol–water partition coefficient (Wildman–Crippen LogP) is 1.20. The van der Waals surface area contributed by atoms with Crippen molar-refractivity contribution in [2.45, 2.75) is 33.1 Å². The van der Waals surface area contributed by atoms with E-state index in [1.807, 2.05) is 13.8 Å². The van der Waals surface area contributed by atoms with E-state index in [9.17, 15) is 5.26 Å². The Hall–Kier alpha value is -1.67. The molecule has 17 heavy (non-hydrogen) atoms. The van der Waals surface area contributed by atoms with Gasteiger partial charge in [-0.2, -0.15) is 10.4 Å². The molecule has 5 nitrogen and oxygen atoms in total. The van der Waals surface area contributed by atoms with Crippen LogP contribution >= 0.6 is 0 Å². The monoisotopic (exact) mass is 234 g/mol. The zero-order chi connectivity index (χ0) is 12.7. The van der Waals surface area contributed by atoms with Gasteiger partial charge in [0.2, 0.25) is 0 Å². The van der Waals surface area contributed by atoms with Crippen molar-refractivity contribution in [2.24, 2.45) is 5.73 Å². The Morgan fingerprint density at radius 2 is 2.06 bits per heavy atom. The zero-order valence-corrected chi connectivity index (χ0v) is 10.4. The number of nitrogens with zero attached hydrogens (tertiary/aromatic N) is 3. The highest BCUT2D eigenvalue weighted by Gasteiger charge is 2.14. The summed E-state index contributed by atoms with van der Waals surface area (Å²) in [5, 5.41) is 17.2. The van der Waals surface area contributed by atoms with E-state index in [1.165, 1.54) is 0 Å². The van der Waals surface area contributed by atoms with Gasteiger partial charge in [0, 0.05) is 0 Å². The molecule has 2 N–H and O–H groups in total. The van der Waals surface area contributed by atoms with E-state index in [2.05, 4.69) is 16.3 Å². The van der Waals surface area contributed by atoms with E-state index in [-0.39, 0.29) is 0 Å². The minimum atomic E-state index is 0.329. The average Bonchev–Trinajstić information content (AvgIpc) is 2.38. The van der Waals surface area contributed by atoms with Gasteiger partial charge in [-0.1, -0.05) is 13.8 Å². The van der Waals surface area contributed by atoms with Crippen LogP contribution in [-0.2, 0) is 12.8 Å². The molecule has 0 unspecified atom stereocenters. The lowest BCUT2D eigenvalue weighted by atomic mass is 10.0. The standard InChI is InChI=1S/C12H18N4O/c1-3-9-10(8-14)12(17-7-5-6-13)16-15-11(9)4-2/h3-7,13H2,1-2H3. The zero-order valence-electron chi connectivity index (χ0n) is 10.4. The molecule has 0 spiro atoms. The van der Waals surface area contributed by atoms with E-state index < -0.39 is 0 Å². The molecule has 0 atom stereocenters. The molecule has 1 heterocycles. The van der Waals surface area contributed by atoms with Crippen LogP contribution in [0.25, 0.3) is 0 Å². The molecule has 0 saturated heterocycles. The smallest absolute Gasteiger partial charge is 0.251 e. The topological polar surface area (TPSA) is 84.8 Å². The number of rotatable bonds is 6. The molecule has 5 heteroatoms. The van der Waals surface area contributed by atoms with Gasteiger partial charge in [-0.25, -0.2) is 0 Å². The molecule has 0 aliphatic rings. The highest BCUT2D eigenvalue weighted by atomic mass is 16.5. The number of ether oxygens (including phenoxy) is 1. The third kappa shape index (κ3) is 3.14. The molecule has 0 aliphatic heterocycles. The van der Waals surface area contributed by atoms with Gasteiger partial charge in [-0.15, -0.1) is 5.10 Å². The molecule has 0 fully saturated rings.